The van der Waals surface area contributed by atoms with Crippen molar-refractivity contribution in [2.45, 2.75) is 40.2 Å². The number of aromatic nitrogens is 2. The molecule has 4 aromatic carbocycles. The topological polar surface area (TPSA) is 65.7 Å². The summed E-state index contributed by atoms with van der Waals surface area (Å²) in [6, 6.07) is 20.8. The summed E-state index contributed by atoms with van der Waals surface area (Å²) >= 11 is 16.7. The van der Waals surface area contributed by atoms with E-state index in [1.54, 1.807) is 24.4 Å². The zero-order valence-corrected chi connectivity index (χ0v) is 30.3. The molecule has 1 aromatic heterocycles. The fraction of sp³-hybridized carbons (Fsp3) is 0.206. The molecule has 0 amide bonds. The summed E-state index contributed by atoms with van der Waals surface area (Å²) in [7, 11) is 0. The Morgan fingerprint density at radius 1 is 0.977 bits per heavy atom. The summed E-state index contributed by atoms with van der Waals surface area (Å²) in [6.45, 7) is 9.13. The molecule has 0 radical (unpaired) electrons. The Kier molecular flexibility index (Phi) is 10.5. The van der Waals surface area contributed by atoms with E-state index in [9.17, 15) is 4.79 Å². The van der Waals surface area contributed by atoms with Crippen LogP contribution < -0.4 is 15.0 Å². The number of aryl methyl sites for hydroxylation is 1. The number of rotatable bonds is 9. The van der Waals surface area contributed by atoms with Crippen molar-refractivity contribution in [2.24, 2.45) is 5.10 Å². The first-order valence-corrected chi connectivity index (χ1v) is 16.9. The predicted molar refractivity (Wildman–Crippen MR) is 197 cm³/mol. The molecule has 6 nitrogen and oxygen atoms in total. The van der Waals surface area contributed by atoms with E-state index in [0.717, 1.165) is 46.5 Å². The van der Waals surface area contributed by atoms with Gasteiger partial charge in [0.25, 0.3) is 5.56 Å². The lowest BCUT2D eigenvalue weighted by molar-refractivity contribution is 0.302. The summed E-state index contributed by atoms with van der Waals surface area (Å²) in [5.74, 6) is 2.28. The third-order valence-corrected chi connectivity index (χ3v) is 9.33. The number of benzene rings is 4. The number of hydrogen-bond donors (Lipinski definition) is 0. The SMILES string of the molecule is CCOc1cc(C)c(-c2nc3ccccc3c(=O)n2N=Cc2cc(I)c(OCc3ccc(Cl)c(Cl)c3)c(I)c2)cc1C(C)C. The molecule has 0 aliphatic carbocycles. The molecule has 5 aromatic rings. The van der Waals surface area contributed by atoms with E-state index in [4.69, 9.17) is 42.8 Å². The molecule has 0 atom stereocenters. The Morgan fingerprint density at radius 3 is 2.39 bits per heavy atom. The van der Waals surface area contributed by atoms with Gasteiger partial charge in [-0.2, -0.15) is 9.78 Å². The second-order valence-corrected chi connectivity index (χ2v) is 13.6. The van der Waals surface area contributed by atoms with Crippen LogP contribution in [0.5, 0.6) is 11.5 Å². The summed E-state index contributed by atoms with van der Waals surface area (Å²) in [6.07, 6.45) is 1.68. The van der Waals surface area contributed by atoms with Crippen LogP contribution in [-0.4, -0.2) is 22.5 Å². The van der Waals surface area contributed by atoms with Crippen LogP contribution in [0.25, 0.3) is 22.3 Å². The van der Waals surface area contributed by atoms with Gasteiger partial charge in [0.1, 0.15) is 18.1 Å². The van der Waals surface area contributed by atoms with Crippen molar-refractivity contribution in [2.75, 3.05) is 6.61 Å². The monoisotopic (exact) mass is 851 g/mol. The molecule has 0 bridgehead atoms. The minimum Gasteiger partial charge on any atom is -0.494 e. The van der Waals surface area contributed by atoms with Gasteiger partial charge in [-0.15, -0.1) is 0 Å². The Balaban J connectivity index is 1.55. The number of fused-ring (bicyclic) bond motifs is 1. The molecule has 0 fully saturated rings. The van der Waals surface area contributed by atoms with Crippen molar-refractivity contribution >= 4 is 85.5 Å². The van der Waals surface area contributed by atoms with Crippen LogP contribution >= 0.6 is 68.4 Å². The van der Waals surface area contributed by atoms with Gasteiger partial charge in [0.2, 0.25) is 0 Å². The van der Waals surface area contributed by atoms with E-state index >= 15 is 0 Å². The molecule has 44 heavy (non-hydrogen) atoms. The lowest BCUT2D eigenvalue weighted by Crippen LogP contribution is -2.21. The molecule has 226 valence electrons. The zero-order chi connectivity index (χ0) is 31.5. The Labute approximate surface area is 293 Å². The standard InChI is InChI=1S/C34H29Cl2I2N3O3/c1-5-43-31-12-20(4)25(16-24(31)19(2)3)33-40-30-9-7-6-8-23(30)34(42)41(33)39-17-22-14-28(37)32(29(38)15-22)44-18-21-10-11-26(35)27(36)13-21/h6-17,19H,5,18H2,1-4H3. The normalized spacial score (nSPS) is 11.6. The highest BCUT2D eigenvalue weighted by Crippen LogP contribution is 2.35. The van der Waals surface area contributed by atoms with Crippen molar-refractivity contribution in [3.8, 4) is 22.9 Å². The Morgan fingerprint density at radius 2 is 1.70 bits per heavy atom. The molecule has 0 aliphatic rings. The maximum absolute atomic E-state index is 13.8. The maximum Gasteiger partial charge on any atom is 0.282 e. The number of hydrogen-bond acceptors (Lipinski definition) is 5. The summed E-state index contributed by atoms with van der Waals surface area (Å²) in [4.78, 5) is 18.8. The van der Waals surface area contributed by atoms with E-state index in [1.807, 2.05) is 56.3 Å². The number of ether oxygens (including phenoxy) is 2. The third kappa shape index (κ3) is 7.08. The van der Waals surface area contributed by atoms with Crippen molar-refractivity contribution in [3.05, 3.63) is 117 Å². The third-order valence-electron chi connectivity index (χ3n) is 6.98. The fourth-order valence-electron chi connectivity index (χ4n) is 4.78. The quantitative estimate of drug-likeness (QED) is 0.110. The van der Waals surface area contributed by atoms with Crippen LogP contribution in [0.3, 0.4) is 0 Å². The van der Waals surface area contributed by atoms with Crippen molar-refractivity contribution in [3.63, 3.8) is 0 Å². The van der Waals surface area contributed by atoms with Gasteiger partial charge in [-0.1, -0.05) is 55.2 Å². The van der Waals surface area contributed by atoms with Crippen LogP contribution in [0.15, 0.2) is 76.6 Å². The van der Waals surface area contributed by atoms with Gasteiger partial charge < -0.3 is 9.47 Å². The molecule has 0 spiro atoms. The first-order valence-electron chi connectivity index (χ1n) is 14.0. The van der Waals surface area contributed by atoms with Gasteiger partial charge in [0.05, 0.1) is 40.9 Å². The maximum atomic E-state index is 13.8. The van der Waals surface area contributed by atoms with E-state index in [0.29, 0.717) is 40.0 Å². The lowest BCUT2D eigenvalue weighted by atomic mass is 9.96. The molecule has 0 N–H and O–H groups in total. The van der Waals surface area contributed by atoms with Crippen LogP contribution in [0, 0.1) is 14.1 Å². The fourth-order valence-corrected chi connectivity index (χ4v) is 7.23. The molecule has 0 unspecified atom stereocenters. The van der Waals surface area contributed by atoms with Crippen LogP contribution in [-0.2, 0) is 6.61 Å². The highest BCUT2D eigenvalue weighted by Gasteiger charge is 2.19. The smallest absolute Gasteiger partial charge is 0.282 e. The first kappa shape index (κ1) is 32.7. The van der Waals surface area contributed by atoms with E-state index < -0.39 is 0 Å². The summed E-state index contributed by atoms with van der Waals surface area (Å²) < 4.78 is 15.3. The van der Waals surface area contributed by atoms with E-state index in [2.05, 4.69) is 65.1 Å². The minimum atomic E-state index is -0.243. The molecular formula is C34H29Cl2I2N3O3. The largest absolute Gasteiger partial charge is 0.494 e. The van der Waals surface area contributed by atoms with Crippen molar-refractivity contribution in [1.29, 1.82) is 0 Å². The number of para-hydroxylation sites is 1. The molecule has 5 rings (SSSR count). The summed E-state index contributed by atoms with van der Waals surface area (Å²) in [5, 5.41) is 6.20. The van der Waals surface area contributed by atoms with Crippen LogP contribution in [0.4, 0.5) is 0 Å². The van der Waals surface area contributed by atoms with Crippen LogP contribution in [0.1, 0.15) is 48.9 Å². The molecule has 10 heteroatoms. The highest BCUT2D eigenvalue weighted by molar-refractivity contribution is 14.1. The zero-order valence-electron chi connectivity index (χ0n) is 24.5. The molecule has 0 saturated carbocycles. The molecule has 0 saturated heterocycles. The average Bonchev–Trinajstić information content (AvgIpc) is 2.98. The minimum absolute atomic E-state index is 0.210. The Bertz CT molecular complexity index is 1930. The predicted octanol–water partition coefficient (Wildman–Crippen LogP) is 9.87. The van der Waals surface area contributed by atoms with E-state index in [1.165, 1.54) is 4.68 Å². The van der Waals surface area contributed by atoms with Crippen molar-refractivity contribution < 1.29 is 9.47 Å². The lowest BCUT2D eigenvalue weighted by Gasteiger charge is -2.18. The highest BCUT2D eigenvalue weighted by atomic mass is 127. The first-order chi connectivity index (χ1) is 21.1. The van der Waals surface area contributed by atoms with Gasteiger partial charge in [-0.3, -0.25) is 4.79 Å². The van der Waals surface area contributed by atoms with Gasteiger partial charge >= 0.3 is 0 Å². The molecular weight excluding hydrogens is 823 g/mol. The second kappa shape index (κ2) is 14.2. The van der Waals surface area contributed by atoms with Gasteiger partial charge in [0, 0.05) is 5.56 Å². The van der Waals surface area contributed by atoms with Crippen molar-refractivity contribution in [1.82, 2.24) is 9.66 Å². The van der Waals surface area contributed by atoms with Gasteiger partial charge in [-0.25, -0.2) is 4.98 Å². The van der Waals surface area contributed by atoms with E-state index in [-0.39, 0.29) is 11.5 Å². The molecule has 0 aliphatic heterocycles. The van der Waals surface area contributed by atoms with Crippen LogP contribution in [0.2, 0.25) is 10.0 Å². The Hall–Kier alpha value is -2.67. The van der Waals surface area contributed by atoms with Gasteiger partial charge in [-0.05, 0) is 136 Å². The summed E-state index contributed by atoms with van der Waals surface area (Å²) in [5.41, 5.74) is 4.92. The van der Waals surface area contributed by atoms with Gasteiger partial charge in [0.15, 0.2) is 5.82 Å². The average molecular weight is 852 g/mol. The second-order valence-electron chi connectivity index (χ2n) is 10.5. The molecule has 1 heterocycles. The number of nitrogens with zero attached hydrogens (tertiary/aromatic N) is 3. The number of halogens is 4.